The topological polar surface area (TPSA) is 67.4 Å². The number of amides is 2. The summed E-state index contributed by atoms with van der Waals surface area (Å²) in [6.07, 6.45) is 3.10. The van der Waals surface area contributed by atoms with Gasteiger partial charge in [0, 0.05) is 12.5 Å². The van der Waals surface area contributed by atoms with Gasteiger partial charge >= 0.3 is 0 Å². The summed E-state index contributed by atoms with van der Waals surface area (Å²) in [5.74, 6) is 0.575. The number of carbonyl (C=O) groups is 2. The summed E-state index contributed by atoms with van der Waals surface area (Å²) < 4.78 is 5.48. The molecule has 0 heterocycles. The quantitative estimate of drug-likeness (QED) is 0.702. The summed E-state index contributed by atoms with van der Waals surface area (Å²) >= 11 is 0. The zero-order valence-corrected chi connectivity index (χ0v) is 11.4. The highest BCUT2D eigenvalue weighted by Gasteiger charge is 2.22. The largest absolute Gasteiger partial charge is 0.494 e. The summed E-state index contributed by atoms with van der Waals surface area (Å²) in [6, 6.07) is 9.82. The van der Waals surface area contributed by atoms with Crippen LogP contribution in [0.25, 0.3) is 0 Å². The van der Waals surface area contributed by atoms with Crippen molar-refractivity contribution >= 4 is 11.8 Å². The first-order valence-corrected chi connectivity index (χ1v) is 6.98. The average molecular weight is 276 g/mol. The minimum atomic E-state index is -0.118. The van der Waals surface area contributed by atoms with Crippen LogP contribution >= 0.6 is 0 Å². The third-order valence-electron chi connectivity index (χ3n) is 2.95. The molecule has 0 saturated heterocycles. The average Bonchev–Trinajstić information content (AvgIpc) is 3.26. The minimum Gasteiger partial charge on any atom is -0.494 e. The van der Waals surface area contributed by atoms with Crippen molar-refractivity contribution in [2.45, 2.75) is 31.7 Å². The van der Waals surface area contributed by atoms with E-state index in [2.05, 4.69) is 10.6 Å². The number of nitrogens with one attached hydrogen (secondary N) is 2. The molecule has 1 fully saturated rings. The molecule has 1 aliphatic carbocycles. The van der Waals surface area contributed by atoms with E-state index in [9.17, 15) is 9.59 Å². The van der Waals surface area contributed by atoms with E-state index in [0.29, 0.717) is 25.5 Å². The first-order valence-electron chi connectivity index (χ1n) is 6.98. The molecule has 2 rings (SSSR count). The Hall–Kier alpha value is -2.04. The van der Waals surface area contributed by atoms with E-state index < -0.39 is 0 Å². The molecule has 0 bridgehead atoms. The fraction of sp³-hybridized carbons (Fsp3) is 0.467. The van der Waals surface area contributed by atoms with Crippen LogP contribution < -0.4 is 15.4 Å². The Morgan fingerprint density at radius 1 is 1.15 bits per heavy atom. The number of hydrogen-bond acceptors (Lipinski definition) is 3. The molecule has 1 aromatic carbocycles. The normalized spacial score (nSPS) is 13.6. The van der Waals surface area contributed by atoms with Crippen molar-refractivity contribution in [1.29, 1.82) is 0 Å². The van der Waals surface area contributed by atoms with Crippen LogP contribution in [0, 0.1) is 0 Å². The maximum Gasteiger partial charge on any atom is 0.239 e. The maximum absolute atomic E-state index is 11.5. The van der Waals surface area contributed by atoms with Crippen molar-refractivity contribution in [3.63, 3.8) is 0 Å². The van der Waals surface area contributed by atoms with Crippen LogP contribution in [0.4, 0.5) is 0 Å². The number of para-hydroxylation sites is 1. The zero-order valence-electron chi connectivity index (χ0n) is 11.4. The Kier molecular flexibility index (Phi) is 5.41. The smallest absolute Gasteiger partial charge is 0.239 e. The van der Waals surface area contributed by atoms with Gasteiger partial charge in [-0.3, -0.25) is 9.59 Å². The molecule has 0 atom stereocenters. The molecular formula is C15H20N2O3. The molecule has 1 aromatic rings. The lowest BCUT2D eigenvalue weighted by molar-refractivity contribution is -0.126. The molecule has 108 valence electrons. The van der Waals surface area contributed by atoms with Gasteiger partial charge in [0.05, 0.1) is 13.2 Å². The van der Waals surface area contributed by atoms with Crippen molar-refractivity contribution < 1.29 is 14.3 Å². The standard InChI is InChI=1S/C15H20N2O3/c18-14(16-11-15(19)17-12-8-9-12)7-4-10-20-13-5-2-1-3-6-13/h1-3,5-6,12H,4,7-11H2,(H,16,18)(H,17,19). The molecule has 1 aliphatic rings. The second-order valence-electron chi connectivity index (χ2n) is 4.88. The fourth-order valence-corrected chi connectivity index (χ4v) is 1.71. The van der Waals surface area contributed by atoms with Crippen LogP contribution in [-0.2, 0) is 9.59 Å². The third-order valence-corrected chi connectivity index (χ3v) is 2.95. The maximum atomic E-state index is 11.5. The van der Waals surface area contributed by atoms with E-state index in [0.717, 1.165) is 18.6 Å². The van der Waals surface area contributed by atoms with Gasteiger partial charge < -0.3 is 15.4 Å². The van der Waals surface area contributed by atoms with E-state index >= 15 is 0 Å². The number of rotatable bonds is 8. The second-order valence-corrected chi connectivity index (χ2v) is 4.88. The summed E-state index contributed by atoms with van der Waals surface area (Å²) in [4.78, 5) is 22.9. The predicted molar refractivity (Wildman–Crippen MR) is 75.3 cm³/mol. The van der Waals surface area contributed by atoms with Crippen LogP contribution in [0.15, 0.2) is 30.3 Å². The van der Waals surface area contributed by atoms with Crippen LogP contribution in [0.2, 0.25) is 0 Å². The van der Waals surface area contributed by atoms with Crippen molar-refractivity contribution in [1.82, 2.24) is 10.6 Å². The minimum absolute atomic E-state index is 0.0644. The molecule has 20 heavy (non-hydrogen) atoms. The van der Waals surface area contributed by atoms with E-state index in [1.807, 2.05) is 30.3 Å². The Morgan fingerprint density at radius 3 is 2.60 bits per heavy atom. The molecule has 2 amide bonds. The molecule has 0 aliphatic heterocycles. The highest BCUT2D eigenvalue weighted by Crippen LogP contribution is 2.18. The highest BCUT2D eigenvalue weighted by molar-refractivity contribution is 5.84. The first kappa shape index (κ1) is 14.4. The van der Waals surface area contributed by atoms with Gasteiger partial charge in [0.1, 0.15) is 5.75 Å². The van der Waals surface area contributed by atoms with Gasteiger partial charge in [-0.15, -0.1) is 0 Å². The highest BCUT2D eigenvalue weighted by atomic mass is 16.5. The van der Waals surface area contributed by atoms with Gasteiger partial charge in [0.25, 0.3) is 0 Å². The predicted octanol–water partition coefficient (Wildman–Crippen LogP) is 1.24. The van der Waals surface area contributed by atoms with Gasteiger partial charge in [-0.25, -0.2) is 0 Å². The summed E-state index contributed by atoms with van der Waals surface area (Å²) in [6.45, 7) is 0.556. The van der Waals surface area contributed by atoms with Crippen molar-refractivity contribution in [3.05, 3.63) is 30.3 Å². The third kappa shape index (κ3) is 5.73. The van der Waals surface area contributed by atoms with E-state index in [1.54, 1.807) is 0 Å². The Labute approximate surface area is 118 Å². The van der Waals surface area contributed by atoms with Crippen molar-refractivity contribution in [2.24, 2.45) is 0 Å². The first-order chi connectivity index (χ1) is 9.74. The summed E-state index contributed by atoms with van der Waals surface area (Å²) in [7, 11) is 0. The molecule has 0 aromatic heterocycles. The van der Waals surface area contributed by atoms with Gasteiger partial charge in [0.15, 0.2) is 0 Å². The molecule has 0 spiro atoms. The monoisotopic (exact) mass is 276 g/mol. The second kappa shape index (κ2) is 7.53. The Morgan fingerprint density at radius 2 is 1.90 bits per heavy atom. The van der Waals surface area contributed by atoms with Crippen molar-refractivity contribution in [3.8, 4) is 5.75 Å². The fourth-order valence-electron chi connectivity index (χ4n) is 1.71. The van der Waals surface area contributed by atoms with Crippen LogP contribution in [-0.4, -0.2) is 31.0 Å². The number of carbonyl (C=O) groups excluding carboxylic acids is 2. The lowest BCUT2D eigenvalue weighted by atomic mass is 10.3. The Balaban J connectivity index is 1.50. The van der Waals surface area contributed by atoms with E-state index in [-0.39, 0.29) is 18.4 Å². The van der Waals surface area contributed by atoms with Crippen LogP contribution in [0.3, 0.4) is 0 Å². The molecule has 0 radical (unpaired) electrons. The van der Waals surface area contributed by atoms with Gasteiger partial charge in [-0.1, -0.05) is 18.2 Å². The molecule has 5 heteroatoms. The van der Waals surface area contributed by atoms with Gasteiger partial charge in [-0.2, -0.15) is 0 Å². The number of hydrogen-bond donors (Lipinski definition) is 2. The Bertz CT molecular complexity index is 444. The molecule has 2 N–H and O–H groups in total. The molecule has 0 unspecified atom stereocenters. The summed E-state index contributed by atoms with van der Waals surface area (Å²) in [5.41, 5.74) is 0. The zero-order chi connectivity index (χ0) is 14.2. The SMILES string of the molecule is O=C(CCCOc1ccccc1)NCC(=O)NC1CC1. The number of ether oxygens (including phenoxy) is 1. The van der Waals surface area contributed by atoms with Gasteiger partial charge in [0.2, 0.25) is 11.8 Å². The van der Waals surface area contributed by atoms with Gasteiger partial charge in [-0.05, 0) is 31.4 Å². The van der Waals surface area contributed by atoms with E-state index in [4.69, 9.17) is 4.74 Å². The summed E-state index contributed by atoms with van der Waals surface area (Å²) in [5, 5.41) is 5.43. The lowest BCUT2D eigenvalue weighted by Gasteiger charge is -2.07. The molecule has 5 nitrogen and oxygen atoms in total. The lowest BCUT2D eigenvalue weighted by Crippen LogP contribution is -2.37. The number of benzene rings is 1. The van der Waals surface area contributed by atoms with Crippen LogP contribution in [0.5, 0.6) is 5.75 Å². The van der Waals surface area contributed by atoms with Crippen LogP contribution in [0.1, 0.15) is 25.7 Å². The van der Waals surface area contributed by atoms with Crippen molar-refractivity contribution in [2.75, 3.05) is 13.2 Å². The molecular weight excluding hydrogens is 256 g/mol. The molecule has 1 saturated carbocycles. The van der Waals surface area contributed by atoms with E-state index in [1.165, 1.54) is 0 Å².